The summed E-state index contributed by atoms with van der Waals surface area (Å²) in [6.07, 6.45) is 4.22. The summed E-state index contributed by atoms with van der Waals surface area (Å²) in [6.45, 7) is 1.37. The number of nitrogens with two attached hydrogens (primary N) is 1. The topological polar surface area (TPSA) is 102 Å². The molecule has 3 amide bonds. The maximum Gasteiger partial charge on any atom is 0.255 e. The highest BCUT2D eigenvalue weighted by Crippen LogP contribution is 2.23. The zero-order valence-corrected chi connectivity index (χ0v) is 19.9. The molecule has 0 saturated carbocycles. The molecule has 0 radical (unpaired) electrons. The fraction of sp³-hybridized carbons (Fsp3) is 0.207. The molecule has 7 heteroatoms. The van der Waals surface area contributed by atoms with E-state index < -0.39 is 0 Å². The number of piperidine rings is 1. The number of amides is 3. The number of primary amides is 1. The van der Waals surface area contributed by atoms with Crippen LogP contribution in [-0.2, 0) is 16.2 Å². The molecule has 0 atom stereocenters. The van der Waals surface area contributed by atoms with Crippen LogP contribution >= 0.6 is 0 Å². The second-order valence-electron chi connectivity index (χ2n) is 8.68. The molecule has 3 aromatic carbocycles. The van der Waals surface area contributed by atoms with Crippen molar-refractivity contribution in [1.29, 1.82) is 0 Å². The second-order valence-corrected chi connectivity index (χ2v) is 8.68. The van der Waals surface area contributed by atoms with E-state index in [9.17, 15) is 14.4 Å². The number of anilines is 1. The molecule has 1 saturated heterocycles. The Labute approximate surface area is 210 Å². The number of benzene rings is 3. The average molecular weight is 484 g/mol. The quantitative estimate of drug-likeness (QED) is 0.468. The van der Waals surface area contributed by atoms with Gasteiger partial charge in [-0.2, -0.15) is 0 Å². The second kappa shape index (κ2) is 11.8. The van der Waals surface area contributed by atoms with Gasteiger partial charge in [0.15, 0.2) is 0 Å². The molecule has 0 aromatic heterocycles. The summed E-state index contributed by atoms with van der Waals surface area (Å²) in [5.74, 6) is -0.344. The van der Waals surface area contributed by atoms with Crippen LogP contribution in [0.25, 0.3) is 6.08 Å². The van der Waals surface area contributed by atoms with E-state index in [0.717, 1.165) is 11.1 Å². The van der Waals surface area contributed by atoms with Crippen molar-refractivity contribution in [1.82, 2.24) is 4.90 Å². The van der Waals surface area contributed by atoms with Gasteiger partial charge in [-0.1, -0.05) is 54.6 Å². The number of hydrogen-bond acceptors (Lipinski definition) is 4. The van der Waals surface area contributed by atoms with Gasteiger partial charge >= 0.3 is 0 Å². The Morgan fingerprint density at radius 3 is 2.42 bits per heavy atom. The molecule has 3 aromatic rings. The molecule has 0 spiro atoms. The third-order valence-electron chi connectivity index (χ3n) is 6.13. The summed E-state index contributed by atoms with van der Waals surface area (Å²) in [4.78, 5) is 38.8. The van der Waals surface area contributed by atoms with E-state index in [1.165, 1.54) is 6.08 Å². The van der Waals surface area contributed by atoms with Gasteiger partial charge < -0.3 is 20.7 Å². The fourth-order valence-electron chi connectivity index (χ4n) is 4.11. The van der Waals surface area contributed by atoms with Crippen molar-refractivity contribution in [3.05, 3.63) is 102 Å². The van der Waals surface area contributed by atoms with Gasteiger partial charge in [0.2, 0.25) is 11.8 Å². The smallest absolute Gasteiger partial charge is 0.255 e. The Hall–Kier alpha value is -4.39. The number of carbonyl (C=O) groups excluding carboxylic acids is 3. The number of likely N-dealkylation sites (tertiary alicyclic amines) is 1. The number of nitrogens with one attached hydrogen (secondary N) is 1. The SMILES string of the molecule is NC(=O)C1CCN(C(=O)c2ccccc2NC(=O)C=Cc2cccc(OCc3ccccc3)c2)CC1. The van der Waals surface area contributed by atoms with E-state index in [1.54, 1.807) is 35.2 Å². The van der Waals surface area contributed by atoms with Gasteiger partial charge in [0.25, 0.3) is 5.91 Å². The van der Waals surface area contributed by atoms with Crippen LogP contribution in [0.2, 0.25) is 0 Å². The summed E-state index contributed by atoms with van der Waals surface area (Å²) in [6, 6.07) is 24.3. The number of para-hydroxylation sites is 1. The number of nitrogens with zero attached hydrogens (tertiary/aromatic N) is 1. The highest BCUT2D eigenvalue weighted by Gasteiger charge is 2.27. The van der Waals surface area contributed by atoms with Gasteiger partial charge in [-0.05, 0) is 54.3 Å². The third kappa shape index (κ3) is 6.60. The van der Waals surface area contributed by atoms with Gasteiger partial charge in [0, 0.05) is 25.1 Å². The lowest BCUT2D eigenvalue weighted by Gasteiger charge is -2.31. The van der Waals surface area contributed by atoms with Crippen molar-refractivity contribution in [3.8, 4) is 5.75 Å². The lowest BCUT2D eigenvalue weighted by molar-refractivity contribution is -0.123. The molecule has 3 N–H and O–H groups in total. The van der Waals surface area contributed by atoms with Crippen molar-refractivity contribution >= 4 is 29.5 Å². The molecule has 1 aliphatic heterocycles. The lowest BCUT2D eigenvalue weighted by Crippen LogP contribution is -2.42. The molecular weight excluding hydrogens is 454 g/mol. The Bertz CT molecular complexity index is 1250. The molecule has 4 rings (SSSR count). The molecule has 0 unspecified atom stereocenters. The van der Waals surface area contributed by atoms with E-state index in [0.29, 0.717) is 49.5 Å². The van der Waals surface area contributed by atoms with Gasteiger partial charge in [-0.25, -0.2) is 0 Å². The number of rotatable bonds is 8. The van der Waals surface area contributed by atoms with Crippen molar-refractivity contribution < 1.29 is 19.1 Å². The predicted molar refractivity (Wildman–Crippen MR) is 139 cm³/mol. The van der Waals surface area contributed by atoms with Crippen molar-refractivity contribution in [2.45, 2.75) is 19.4 Å². The first-order chi connectivity index (χ1) is 17.5. The van der Waals surface area contributed by atoms with Crippen LogP contribution in [0.3, 0.4) is 0 Å². The largest absolute Gasteiger partial charge is 0.489 e. The van der Waals surface area contributed by atoms with Gasteiger partial charge in [0.1, 0.15) is 12.4 Å². The van der Waals surface area contributed by atoms with Crippen LogP contribution in [0.4, 0.5) is 5.69 Å². The van der Waals surface area contributed by atoms with Crippen LogP contribution in [0.15, 0.2) is 84.9 Å². The van der Waals surface area contributed by atoms with Crippen molar-refractivity contribution in [2.24, 2.45) is 11.7 Å². The molecule has 0 aliphatic carbocycles. The van der Waals surface area contributed by atoms with Crippen LogP contribution < -0.4 is 15.8 Å². The monoisotopic (exact) mass is 483 g/mol. The summed E-state index contributed by atoms with van der Waals surface area (Å²) >= 11 is 0. The minimum Gasteiger partial charge on any atom is -0.489 e. The van der Waals surface area contributed by atoms with Crippen LogP contribution in [0.1, 0.15) is 34.3 Å². The zero-order chi connectivity index (χ0) is 25.3. The lowest BCUT2D eigenvalue weighted by atomic mass is 9.95. The number of hydrogen-bond donors (Lipinski definition) is 2. The molecule has 184 valence electrons. The zero-order valence-electron chi connectivity index (χ0n) is 19.9. The predicted octanol–water partition coefficient (Wildman–Crippen LogP) is 4.26. The van der Waals surface area contributed by atoms with Gasteiger partial charge in [-0.15, -0.1) is 0 Å². The highest BCUT2D eigenvalue weighted by molar-refractivity contribution is 6.07. The van der Waals surface area contributed by atoms with Gasteiger partial charge in [0.05, 0.1) is 11.3 Å². The summed E-state index contributed by atoms with van der Waals surface area (Å²) < 4.78 is 5.85. The van der Waals surface area contributed by atoms with E-state index in [1.807, 2.05) is 54.6 Å². The summed E-state index contributed by atoms with van der Waals surface area (Å²) in [5.41, 5.74) is 8.13. The number of ether oxygens (including phenoxy) is 1. The maximum atomic E-state index is 13.1. The first-order valence-corrected chi connectivity index (χ1v) is 11.9. The van der Waals surface area contributed by atoms with Crippen LogP contribution in [0.5, 0.6) is 5.75 Å². The molecule has 0 bridgehead atoms. The number of carbonyl (C=O) groups is 3. The van der Waals surface area contributed by atoms with Crippen LogP contribution in [-0.4, -0.2) is 35.7 Å². The molecule has 1 aliphatic rings. The fourth-order valence-corrected chi connectivity index (χ4v) is 4.11. The third-order valence-corrected chi connectivity index (χ3v) is 6.13. The minimum atomic E-state index is -0.349. The Balaban J connectivity index is 1.36. The summed E-state index contributed by atoms with van der Waals surface area (Å²) in [7, 11) is 0. The summed E-state index contributed by atoms with van der Waals surface area (Å²) in [5, 5.41) is 2.81. The van der Waals surface area contributed by atoms with E-state index in [2.05, 4.69) is 5.32 Å². The van der Waals surface area contributed by atoms with Gasteiger partial charge in [-0.3, -0.25) is 14.4 Å². The Kier molecular flexibility index (Phi) is 8.13. The molecule has 7 nitrogen and oxygen atoms in total. The van der Waals surface area contributed by atoms with E-state index in [4.69, 9.17) is 10.5 Å². The van der Waals surface area contributed by atoms with E-state index in [-0.39, 0.29) is 23.6 Å². The Morgan fingerprint density at radius 1 is 0.944 bits per heavy atom. The van der Waals surface area contributed by atoms with Crippen molar-refractivity contribution in [3.63, 3.8) is 0 Å². The van der Waals surface area contributed by atoms with Crippen molar-refractivity contribution in [2.75, 3.05) is 18.4 Å². The first-order valence-electron chi connectivity index (χ1n) is 11.9. The van der Waals surface area contributed by atoms with E-state index >= 15 is 0 Å². The minimum absolute atomic E-state index is 0.180. The average Bonchev–Trinajstić information content (AvgIpc) is 2.91. The molecule has 1 heterocycles. The maximum absolute atomic E-state index is 13.1. The first kappa shape index (κ1) is 24.7. The Morgan fingerprint density at radius 2 is 1.67 bits per heavy atom. The standard InChI is InChI=1S/C29H29N3O4/c30-28(34)23-15-17-32(18-16-23)29(35)25-11-4-5-12-26(25)31-27(33)14-13-21-9-6-10-24(19-21)36-20-22-7-2-1-3-8-22/h1-14,19,23H,15-18,20H2,(H2,30,34)(H,31,33). The molecule has 1 fully saturated rings. The molecule has 36 heavy (non-hydrogen) atoms. The molecular formula is C29H29N3O4. The van der Waals surface area contributed by atoms with Crippen LogP contribution in [0, 0.1) is 5.92 Å². The highest BCUT2D eigenvalue weighted by atomic mass is 16.5. The normalized spacial score (nSPS) is 13.9.